The summed E-state index contributed by atoms with van der Waals surface area (Å²) in [6.07, 6.45) is 2.46. The van der Waals surface area contributed by atoms with Gasteiger partial charge in [0.25, 0.3) is 0 Å². The molecule has 1 N–H and O–H groups in total. The molecule has 2 rings (SSSR count). The lowest BCUT2D eigenvalue weighted by Gasteiger charge is -2.36. The molecule has 110 valence electrons. The number of nitrogens with zero attached hydrogens (tertiary/aromatic N) is 2. The molecule has 0 unspecified atom stereocenters. The summed E-state index contributed by atoms with van der Waals surface area (Å²) in [5.74, 6) is 0.347. The fourth-order valence-electron chi connectivity index (χ4n) is 2.79. The Balaban J connectivity index is 1.89. The van der Waals surface area contributed by atoms with Crippen molar-refractivity contribution in [1.82, 2.24) is 9.80 Å². The van der Waals surface area contributed by atoms with Gasteiger partial charge in [-0.2, -0.15) is 0 Å². The molecule has 1 aromatic rings. The number of rotatable bonds is 4. The number of phenolic OH excluding ortho intramolecular Hbond substituents is 1. The van der Waals surface area contributed by atoms with Gasteiger partial charge >= 0.3 is 0 Å². The number of likely N-dealkylation sites (tertiary alicyclic amines) is 1. The standard InChI is InChI=1S/C16H24N2O2/c1-3-18-9-7-14(8-10-18)17(2)16(20)12-13-5-4-6-15(19)11-13/h4-6,11,14,19H,3,7-10,12H2,1-2H3. The summed E-state index contributed by atoms with van der Waals surface area (Å²) in [5, 5.41) is 9.44. The number of piperidine rings is 1. The smallest absolute Gasteiger partial charge is 0.226 e. The summed E-state index contributed by atoms with van der Waals surface area (Å²) in [4.78, 5) is 16.6. The van der Waals surface area contributed by atoms with E-state index in [1.165, 1.54) is 0 Å². The SMILES string of the molecule is CCN1CCC(N(C)C(=O)Cc2cccc(O)c2)CC1. The van der Waals surface area contributed by atoms with Crippen LogP contribution in [0.3, 0.4) is 0 Å². The van der Waals surface area contributed by atoms with Gasteiger partial charge < -0.3 is 14.9 Å². The van der Waals surface area contributed by atoms with Crippen molar-refractivity contribution in [2.75, 3.05) is 26.7 Å². The van der Waals surface area contributed by atoms with E-state index in [9.17, 15) is 9.90 Å². The molecular formula is C16H24N2O2. The number of benzene rings is 1. The Hall–Kier alpha value is -1.55. The maximum atomic E-state index is 12.3. The summed E-state index contributed by atoms with van der Waals surface area (Å²) in [5.41, 5.74) is 0.868. The van der Waals surface area contributed by atoms with Crippen molar-refractivity contribution in [3.8, 4) is 5.75 Å². The van der Waals surface area contributed by atoms with Crippen LogP contribution in [-0.2, 0) is 11.2 Å². The molecule has 0 spiro atoms. The van der Waals surface area contributed by atoms with Crippen molar-refractivity contribution < 1.29 is 9.90 Å². The van der Waals surface area contributed by atoms with Crippen molar-refractivity contribution in [3.05, 3.63) is 29.8 Å². The lowest BCUT2D eigenvalue weighted by molar-refractivity contribution is -0.132. The first kappa shape index (κ1) is 14.9. The topological polar surface area (TPSA) is 43.8 Å². The van der Waals surface area contributed by atoms with Crippen LogP contribution in [0.1, 0.15) is 25.3 Å². The van der Waals surface area contributed by atoms with Crippen LogP contribution in [0.15, 0.2) is 24.3 Å². The fourth-order valence-corrected chi connectivity index (χ4v) is 2.79. The van der Waals surface area contributed by atoms with E-state index in [0.717, 1.165) is 38.0 Å². The molecule has 1 heterocycles. The number of hydrogen-bond acceptors (Lipinski definition) is 3. The van der Waals surface area contributed by atoms with Crippen LogP contribution in [0.25, 0.3) is 0 Å². The lowest BCUT2D eigenvalue weighted by Crippen LogP contribution is -2.45. The molecule has 0 bridgehead atoms. The van der Waals surface area contributed by atoms with Gasteiger partial charge in [0.2, 0.25) is 5.91 Å². The number of phenols is 1. The third-order valence-corrected chi connectivity index (χ3v) is 4.21. The number of likely N-dealkylation sites (N-methyl/N-ethyl adjacent to an activating group) is 1. The van der Waals surface area contributed by atoms with E-state index in [-0.39, 0.29) is 11.7 Å². The van der Waals surface area contributed by atoms with E-state index in [1.807, 2.05) is 18.0 Å². The van der Waals surface area contributed by atoms with Gasteiger partial charge in [-0.15, -0.1) is 0 Å². The van der Waals surface area contributed by atoms with Crippen LogP contribution in [0.2, 0.25) is 0 Å². The van der Waals surface area contributed by atoms with Crippen LogP contribution in [0, 0.1) is 0 Å². The van der Waals surface area contributed by atoms with Crippen LogP contribution >= 0.6 is 0 Å². The van der Waals surface area contributed by atoms with Crippen molar-refractivity contribution in [2.24, 2.45) is 0 Å². The van der Waals surface area contributed by atoms with Gasteiger partial charge in [-0.25, -0.2) is 0 Å². The van der Waals surface area contributed by atoms with Crippen LogP contribution < -0.4 is 0 Å². The second-order valence-electron chi connectivity index (χ2n) is 5.52. The number of amides is 1. The minimum absolute atomic E-state index is 0.130. The van der Waals surface area contributed by atoms with E-state index in [1.54, 1.807) is 18.2 Å². The van der Waals surface area contributed by atoms with Crippen molar-refractivity contribution >= 4 is 5.91 Å². The highest BCUT2D eigenvalue weighted by Gasteiger charge is 2.24. The maximum absolute atomic E-state index is 12.3. The highest BCUT2D eigenvalue weighted by Crippen LogP contribution is 2.17. The fraction of sp³-hybridized carbons (Fsp3) is 0.562. The van der Waals surface area contributed by atoms with Crippen LogP contribution in [0.5, 0.6) is 5.75 Å². The first-order valence-electron chi connectivity index (χ1n) is 7.36. The van der Waals surface area contributed by atoms with Gasteiger partial charge in [-0.3, -0.25) is 4.79 Å². The number of carbonyl (C=O) groups excluding carboxylic acids is 1. The third-order valence-electron chi connectivity index (χ3n) is 4.21. The van der Waals surface area contributed by atoms with Crippen molar-refractivity contribution in [2.45, 2.75) is 32.2 Å². The zero-order valence-electron chi connectivity index (χ0n) is 12.4. The first-order chi connectivity index (χ1) is 9.60. The van der Waals surface area contributed by atoms with E-state index in [4.69, 9.17) is 0 Å². The molecule has 4 nitrogen and oxygen atoms in total. The predicted molar refractivity (Wildman–Crippen MR) is 79.7 cm³/mol. The second-order valence-corrected chi connectivity index (χ2v) is 5.52. The van der Waals surface area contributed by atoms with Gasteiger partial charge in [0.05, 0.1) is 6.42 Å². The molecular weight excluding hydrogens is 252 g/mol. The minimum Gasteiger partial charge on any atom is -0.508 e. The Morgan fingerprint density at radius 2 is 2.10 bits per heavy atom. The van der Waals surface area contributed by atoms with Crippen molar-refractivity contribution in [3.63, 3.8) is 0 Å². The molecule has 1 fully saturated rings. The van der Waals surface area contributed by atoms with Gasteiger partial charge in [0.15, 0.2) is 0 Å². The molecule has 0 saturated carbocycles. The quantitative estimate of drug-likeness (QED) is 0.913. The average Bonchev–Trinajstić information content (AvgIpc) is 2.46. The lowest BCUT2D eigenvalue weighted by atomic mass is 10.0. The zero-order chi connectivity index (χ0) is 14.5. The molecule has 0 radical (unpaired) electrons. The van der Waals surface area contributed by atoms with Gasteiger partial charge in [-0.1, -0.05) is 19.1 Å². The number of carbonyl (C=O) groups is 1. The van der Waals surface area contributed by atoms with Crippen LogP contribution in [-0.4, -0.2) is 53.5 Å². The van der Waals surface area contributed by atoms with Gasteiger partial charge in [-0.05, 0) is 37.1 Å². The monoisotopic (exact) mass is 276 g/mol. The molecule has 0 atom stereocenters. The summed E-state index contributed by atoms with van der Waals surface area (Å²) in [7, 11) is 1.90. The molecule has 0 aliphatic carbocycles. The molecule has 0 aromatic heterocycles. The first-order valence-corrected chi connectivity index (χ1v) is 7.36. The van der Waals surface area contributed by atoms with E-state index in [2.05, 4.69) is 11.8 Å². The van der Waals surface area contributed by atoms with E-state index in [0.29, 0.717) is 12.5 Å². The Morgan fingerprint density at radius 1 is 1.40 bits per heavy atom. The Labute approximate surface area is 121 Å². The van der Waals surface area contributed by atoms with Gasteiger partial charge in [0.1, 0.15) is 5.75 Å². The van der Waals surface area contributed by atoms with E-state index < -0.39 is 0 Å². The highest BCUT2D eigenvalue weighted by atomic mass is 16.3. The highest BCUT2D eigenvalue weighted by molar-refractivity contribution is 5.79. The molecule has 4 heteroatoms. The molecule has 20 heavy (non-hydrogen) atoms. The average molecular weight is 276 g/mol. The Kier molecular flexibility index (Phi) is 5.01. The molecule has 1 aliphatic heterocycles. The maximum Gasteiger partial charge on any atom is 0.226 e. The minimum atomic E-state index is 0.130. The molecule has 1 aromatic carbocycles. The molecule has 1 aliphatic rings. The Bertz CT molecular complexity index is 454. The zero-order valence-corrected chi connectivity index (χ0v) is 12.4. The predicted octanol–water partition coefficient (Wildman–Crippen LogP) is 1.88. The summed E-state index contributed by atoms with van der Waals surface area (Å²) < 4.78 is 0. The number of hydrogen-bond donors (Lipinski definition) is 1. The number of aromatic hydroxyl groups is 1. The third kappa shape index (κ3) is 3.73. The summed E-state index contributed by atoms with van der Waals surface area (Å²) in [6.45, 7) is 5.42. The Morgan fingerprint density at radius 3 is 2.70 bits per heavy atom. The summed E-state index contributed by atoms with van der Waals surface area (Å²) in [6, 6.07) is 7.29. The van der Waals surface area contributed by atoms with Crippen LogP contribution in [0.4, 0.5) is 0 Å². The largest absolute Gasteiger partial charge is 0.508 e. The van der Waals surface area contributed by atoms with Crippen molar-refractivity contribution in [1.29, 1.82) is 0 Å². The molecule has 1 amide bonds. The molecule has 1 saturated heterocycles. The van der Waals surface area contributed by atoms with Gasteiger partial charge in [0, 0.05) is 26.2 Å². The summed E-state index contributed by atoms with van der Waals surface area (Å²) >= 11 is 0. The second kappa shape index (κ2) is 6.75. The normalized spacial score (nSPS) is 17.1. The van der Waals surface area contributed by atoms with E-state index >= 15 is 0 Å².